The van der Waals surface area contributed by atoms with Gasteiger partial charge in [0.25, 0.3) is 0 Å². The second-order valence-corrected chi connectivity index (χ2v) is 5.22. The van der Waals surface area contributed by atoms with Crippen molar-refractivity contribution >= 4 is 24.0 Å². The molecule has 1 fully saturated rings. The summed E-state index contributed by atoms with van der Waals surface area (Å²) in [4.78, 5) is 12.2. The number of halogens is 1. The molecule has 5 heteroatoms. The van der Waals surface area contributed by atoms with Crippen LogP contribution >= 0.6 is 12.4 Å². The highest BCUT2D eigenvalue weighted by molar-refractivity contribution is 5.95. The van der Waals surface area contributed by atoms with Crippen molar-refractivity contribution in [1.82, 2.24) is 5.32 Å². The van der Waals surface area contributed by atoms with Gasteiger partial charge in [-0.25, -0.2) is 0 Å². The molecule has 1 aliphatic heterocycles. The van der Waals surface area contributed by atoms with Gasteiger partial charge in [-0.3, -0.25) is 4.79 Å². The summed E-state index contributed by atoms with van der Waals surface area (Å²) in [5, 5.41) is 6.24. The van der Waals surface area contributed by atoms with Crippen LogP contribution < -0.4 is 10.6 Å². The summed E-state index contributed by atoms with van der Waals surface area (Å²) in [5.41, 5.74) is 3.69. The van der Waals surface area contributed by atoms with E-state index in [-0.39, 0.29) is 24.4 Å². The second kappa shape index (κ2) is 7.07. The number of anilines is 1. The number of nitrogens with one attached hydrogen (secondary N) is 2. The first-order valence-corrected chi connectivity index (χ1v) is 7.07. The maximum Gasteiger partial charge on any atom is 0.243 e. The van der Waals surface area contributed by atoms with Crippen LogP contribution in [-0.4, -0.2) is 31.7 Å². The molecule has 0 spiro atoms. The Hall–Kier alpha value is -1.10. The van der Waals surface area contributed by atoms with E-state index in [4.69, 9.17) is 4.74 Å². The van der Waals surface area contributed by atoms with Crippen molar-refractivity contribution in [1.29, 1.82) is 0 Å². The number of ether oxygens (including phenoxy) is 1. The largest absolute Gasteiger partial charge is 0.378 e. The minimum absolute atomic E-state index is 0. The predicted octanol–water partition coefficient (Wildman–Crippen LogP) is 1.91. The number of amides is 1. The molecule has 2 N–H and O–H groups in total. The average molecular weight is 297 g/mol. The molecule has 0 bridgehead atoms. The van der Waals surface area contributed by atoms with Gasteiger partial charge in [0.05, 0.1) is 13.2 Å². The zero-order valence-corrected chi connectivity index (χ0v) is 12.3. The number of hydrogen-bond donors (Lipinski definition) is 2. The third kappa shape index (κ3) is 3.32. The lowest BCUT2D eigenvalue weighted by atomic mass is 9.90. The Morgan fingerprint density at radius 2 is 2.15 bits per heavy atom. The van der Waals surface area contributed by atoms with Crippen molar-refractivity contribution in [2.45, 2.75) is 31.7 Å². The van der Waals surface area contributed by atoms with Gasteiger partial charge < -0.3 is 15.4 Å². The molecule has 2 aliphatic rings. The highest BCUT2D eigenvalue weighted by atomic mass is 35.5. The summed E-state index contributed by atoms with van der Waals surface area (Å²) in [6.07, 6.45) is 4.66. The molecule has 1 amide bonds. The van der Waals surface area contributed by atoms with Gasteiger partial charge in [-0.15, -0.1) is 12.4 Å². The fourth-order valence-electron chi connectivity index (χ4n) is 2.85. The number of carbonyl (C=O) groups is 1. The summed E-state index contributed by atoms with van der Waals surface area (Å²) < 4.78 is 5.33. The fraction of sp³-hybridized carbons (Fsp3) is 0.533. The van der Waals surface area contributed by atoms with E-state index in [0.717, 1.165) is 25.1 Å². The Morgan fingerprint density at radius 1 is 1.30 bits per heavy atom. The average Bonchev–Trinajstić information content (AvgIpc) is 2.48. The summed E-state index contributed by atoms with van der Waals surface area (Å²) in [6.45, 7) is 1.89. The summed E-state index contributed by atoms with van der Waals surface area (Å²) in [6, 6.07) is 5.98. The minimum Gasteiger partial charge on any atom is -0.378 e. The Labute approximate surface area is 125 Å². The lowest BCUT2D eigenvalue weighted by molar-refractivity contribution is -0.120. The number of morpholine rings is 1. The Balaban J connectivity index is 0.00000147. The molecular weight excluding hydrogens is 276 g/mol. The molecule has 3 rings (SSSR count). The molecule has 110 valence electrons. The summed E-state index contributed by atoms with van der Waals surface area (Å²) >= 11 is 0. The lowest BCUT2D eigenvalue weighted by Gasteiger charge is -2.25. The van der Waals surface area contributed by atoms with Gasteiger partial charge in [0.2, 0.25) is 5.91 Å². The van der Waals surface area contributed by atoms with Crippen LogP contribution in [0.3, 0.4) is 0 Å². The van der Waals surface area contributed by atoms with Crippen molar-refractivity contribution in [3.63, 3.8) is 0 Å². The molecule has 1 saturated heterocycles. The van der Waals surface area contributed by atoms with E-state index in [1.807, 2.05) is 12.1 Å². The highest BCUT2D eigenvalue weighted by Crippen LogP contribution is 2.27. The molecule has 0 radical (unpaired) electrons. The van der Waals surface area contributed by atoms with Gasteiger partial charge in [-0.1, -0.05) is 12.1 Å². The Morgan fingerprint density at radius 3 is 2.95 bits per heavy atom. The van der Waals surface area contributed by atoms with Crippen molar-refractivity contribution in [2.75, 3.05) is 25.1 Å². The molecule has 1 heterocycles. The standard InChI is InChI=1S/C15H20N2O2.ClH/c18-15(14-10-19-9-8-16-14)17-13-7-3-5-11-4-1-2-6-12(11)13;/h3,5,7,14,16H,1-2,4,6,8-10H2,(H,17,18);1H. The zero-order valence-electron chi connectivity index (χ0n) is 11.5. The second-order valence-electron chi connectivity index (χ2n) is 5.22. The molecule has 4 nitrogen and oxygen atoms in total. The van der Waals surface area contributed by atoms with E-state index >= 15 is 0 Å². The van der Waals surface area contributed by atoms with Crippen molar-refractivity contribution < 1.29 is 9.53 Å². The SMILES string of the molecule is Cl.O=C(Nc1cccc2c1CCCC2)C1COCCN1. The quantitative estimate of drug-likeness (QED) is 0.876. The van der Waals surface area contributed by atoms with Crippen LogP contribution in [0.5, 0.6) is 0 Å². The molecule has 1 aliphatic carbocycles. The van der Waals surface area contributed by atoms with E-state index in [9.17, 15) is 4.79 Å². The molecule has 1 aromatic carbocycles. The maximum atomic E-state index is 12.2. The van der Waals surface area contributed by atoms with Crippen LogP contribution in [0.1, 0.15) is 24.0 Å². The van der Waals surface area contributed by atoms with Gasteiger partial charge in [0.1, 0.15) is 6.04 Å². The van der Waals surface area contributed by atoms with Crippen molar-refractivity contribution in [3.8, 4) is 0 Å². The number of benzene rings is 1. The van der Waals surface area contributed by atoms with E-state index in [1.54, 1.807) is 0 Å². The van der Waals surface area contributed by atoms with E-state index in [0.29, 0.717) is 13.2 Å². The van der Waals surface area contributed by atoms with Crippen LogP contribution in [0.15, 0.2) is 18.2 Å². The fourth-order valence-corrected chi connectivity index (χ4v) is 2.85. The number of aryl methyl sites for hydroxylation is 1. The summed E-state index contributed by atoms with van der Waals surface area (Å²) in [5.74, 6) is 0.0127. The summed E-state index contributed by atoms with van der Waals surface area (Å²) in [7, 11) is 0. The van der Waals surface area contributed by atoms with Gasteiger partial charge in [-0.2, -0.15) is 0 Å². The van der Waals surface area contributed by atoms with E-state index < -0.39 is 0 Å². The maximum absolute atomic E-state index is 12.2. The first-order valence-electron chi connectivity index (χ1n) is 7.07. The number of hydrogen-bond acceptors (Lipinski definition) is 3. The molecule has 1 unspecified atom stereocenters. The Bertz CT molecular complexity index is 473. The first-order chi connectivity index (χ1) is 9.34. The first kappa shape index (κ1) is 15.3. The molecular formula is C15H21ClN2O2. The number of carbonyl (C=O) groups excluding carboxylic acids is 1. The van der Waals surface area contributed by atoms with Crippen LogP contribution in [0.25, 0.3) is 0 Å². The van der Waals surface area contributed by atoms with Crippen LogP contribution in [-0.2, 0) is 22.4 Å². The Kier molecular flexibility index (Phi) is 5.40. The lowest BCUT2D eigenvalue weighted by Crippen LogP contribution is -2.48. The number of fused-ring (bicyclic) bond motifs is 1. The normalized spacial score (nSPS) is 21.5. The zero-order chi connectivity index (χ0) is 13.1. The molecule has 20 heavy (non-hydrogen) atoms. The topological polar surface area (TPSA) is 50.4 Å². The number of rotatable bonds is 2. The van der Waals surface area contributed by atoms with Crippen molar-refractivity contribution in [2.24, 2.45) is 0 Å². The van der Waals surface area contributed by atoms with E-state index in [2.05, 4.69) is 16.7 Å². The third-order valence-electron chi connectivity index (χ3n) is 3.89. The van der Waals surface area contributed by atoms with Crippen LogP contribution in [0.4, 0.5) is 5.69 Å². The van der Waals surface area contributed by atoms with Gasteiger partial charge in [-0.05, 0) is 42.9 Å². The van der Waals surface area contributed by atoms with Crippen LogP contribution in [0.2, 0.25) is 0 Å². The van der Waals surface area contributed by atoms with Crippen molar-refractivity contribution in [3.05, 3.63) is 29.3 Å². The predicted molar refractivity (Wildman–Crippen MR) is 81.6 cm³/mol. The highest BCUT2D eigenvalue weighted by Gasteiger charge is 2.22. The van der Waals surface area contributed by atoms with Gasteiger partial charge in [0.15, 0.2) is 0 Å². The molecule has 0 saturated carbocycles. The van der Waals surface area contributed by atoms with Crippen LogP contribution in [0, 0.1) is 0 Å². The third-order valence-corrected chi connectivity index (χ3v) is 3.89. The minimum atomic E-state index is -0.229. The molecule has 1 aromatic rings. The monoisotopic (exact) mass is 296 g/mol. The molecule has 0 aromatic heterocycles. The van der Waals surface area contributed by atoms with E-state index in [1.165, 1.54) is 24.0 Å². The smallest absolute Gasteiger partial charge is 0.243 e. The molecule has 1 atom stereocenters. The van der Waals surface area contributed by atoms with Gasteiger partial charge >= 0.3 is 0 Å². The van der Waals surface area contributed by atoms with Gasteiger partial charge in [0, 0.05) is 12.2 Å².